The van der Waals surface area contributed by atoms with Crippen molar-refractivity contribution in [1.82, 2.24) is 14.9 Å². The number of nitrogens with one attached hydrogen (secondary N) is 1. The second-order valence-electron chi connectivity index (χ2n) is 4.56. The van der Waals surface area contributed by atoms with Crippen LogP contribution in [0.25, 0.3) is 0 Å². The zero-order valence-corrected chi connectivity index (χ0v) is 12.0. The number of aromatic nitrogens is 2. The molecule has 0 aliphatic heterocycles. The van der Waals surface area contributed by atoms with Crippen molar-refractivity contribution in [2.75, 3.05) is 32.6 Å². The highest BCUT2D eigenvalue weighted by Gasteiger charge is 2.11. The highest BCUT2D eigenvalue weighted by molar-refractivity contribution is 5.35. The molecule has 0 aliphatic carbocycles. The van der Waals surface area contributed by atoms with Gasteiger partial charge in [0.15, 0.2) is 0 Å². The number of methoxy groups -OCH3 is 1. The predicted octanol–water partition coefficient (Wildman–Crippen LogP) is 1.68. The molecule has 5 nitrogen and oxygen atoms in total. The van der Waals surface area contributed by atoms with Crippen LogP contribution in [0.2, 0.25) is 0 Å². The number of ether oxygens (including phenoxy) is 1. The van der Waals surface area contributed by atoms with E-state index in [0.717, 1.165) is 30.4 Å². The van der Waals surface area contributed by atoms with E-state index in [1.807, 2.05) is 13.0 Å². The highest BCUT2D eigenvalue weighted by atomic mass is 16.5. The molecule has 5 heteroatoms. The van der Waals surface area contributed by atoms with E-state index < -0.39 is 0 Å². The quantitative estimate of drug-likeness (QED) is 0.800. The van der Waals surface area contributed by atoms with E-state index in [1.54, 1.807) is 7.11 Å². The molecule has 1 atom stereocenters. The van der Waals surface area contributed by atoms with Gasteiger partial charge in [-0.3, -0.25) is 4.90 Å². The Kier molecular flexibility index (Phi) is 6.01. The number of rotatable bonds is 7. The van der Waals surface area contributed by atoms with Gasteiger partial charge in [0.1, 0.15) is 11.6 Å². The lowest BCUT2D eigenvalue weighted by Gasteiger charge is -2.23. The molecule has 0 aliphatic rings. The van der Waals surface area contributed by atoms with E-state index >= 15 is 0 Å². The second-order valence-corrected chi connectivity index (χ2v) is 4.56. The Morgan fingerprint density at radius 1 is 1.44 bits per heavy atom. The molecule has 1 heterocycles. The summed E-state index contributed by atoms with van der Waals surface area (Å²) in [5, 5.41) is 3.22. The summed E-state index contributed by atoms with van der Waals surface area (Å²) < 4.78 is 5.15. The minimum atomic E-state index is 0.349. The smallest absolute Gasteiger partial charge is 0.144 e. The SMILES string of the molecule is CCNc1cc(C)nc(CN(C)C(C)COC)n1. The van der Waals surface area contributed by atoms with Crippen LogP contribution in [0.1, 0.15) is 25.4 Å². The van der Waals surface area contributed by atoms with E-state index in [2.05, 4.69) is 41.1 Å². The van der Waals surface area contributed by atoms with Crippen LogP contribution in [0.3, 0.4) is 0 Å². The van der Waals surface area contributed by atoms with Crippen LogP contribution in [-0.4, -0.2) is 48.2 Å². The molecular formula is C13H24N4O. The van der Waals surface area contributed by atoms with Crippen molar-refractivity contribution in [2.45, 2.75) is 33.4 Å². The van der Waals surface area contributed by atoms with Gasteiger partial charge in [-0.2, -0.15) is 0 Å². The van der Waals surface area contributed by atoms with Gasteiger partial charge in [0.05, 0.1) is 13.2 Å². The number of aryl methyl sites for hydroxylation is 1. The summed E-state index contributed by atoms with van der Waals surface area (Å²) in [7, 11) is 3.78. The Labute approximate surface area is 110 Å². The maximum atomic E-state index is 5.15. The van der Waals surface area contributed by atoms with Crippen molar-refractivity contribution in [2.24, 2.45) is 0 Å². The summed E-state index contributed by atoms with van der Waals surface area (Å²) in [5.41, 5.74) is 0.990. The van der Waals surface area contributed by atoms with E-state index in [1.165, 1.54) is 0 Å². The van der Waals surface area contributed by atoms with Crippen LogP contribution in [0, 0.1) is 6.92 Å². The largest absolute Gasteiger partial charge is 0.383 e. The normalized spacial score (nSPS) is 12.8. The van der Waals surface area contributed by atoms with Crippen molar-refractivity contribution in [3.8, 4) is 0 Å². The Hall–Kier alpha value is -1.20. The zero-order chi connectivity index (χ0) is 13.5. The topological polar surface area (TPSA) is 50.3 Å². The number of hydrogen-bond acceptors (Lipinski definition) is 5. The van der Waals surface area contributed by atoms with E-state index in [9.17, 15) is 0 Å². The Bertz CT molecular complexity index is 370. The van der Waals surface area contributed by atoms with Crippen LogP contribution in [0.4, 0.5) is 5.82 Å². The average molecular weight is 252 g/mol. The molecule has 0 spiro atoms. The number of hydrogen-bond donors (Lipinski definition) is 1. The lowest BCUT2D eigenvalue weighted by atomic mass is 10.3. The van der Waals surface area contributed by atoms with Crippen LogP contribution in [0.15, 0.2) is 6.07 Å². The zero-order valence-electron chi connectivity index (χ0n) is 12.0. The third kappa shape index (κ3) is 4.58. The van der Waals surface area contributed by atoms with Crippen molar-refractivity contribution in [3.05, 3.63) is 17.6 Å². The minimum absolute atomic E-state index is 0.349. The van der Waals surface area contributed by atoms with Gasteiger partial charge in [-0.1, -0.05) is 0 Å². The maximum Gasteiger partial charge on any atom is 0.144 e. The molecule has 0 bridgehead atoms. The first-order chi connectivity index (χ1) is 8.56. The van der Waals surface area contributed by atoms with Crippen molar-refractivity contribution in [3.63, 3.8) is 0 Å². The van der Waals surface area contributed by atoms with E-state index in [4.69, 9.17) is 4.74 Å². The first kappa shape index (κ1) is 14.9. The molecule has 0 aromatic carbocycles. The summed E-state index contributed by atoms with van der Waals surface area (Å²) in [6, 6.07) is 2.31. The second kappa shape index (κ2) is 7.28. The summed E-state index contributed by atoms with van der Waals surface area (Å²) >= 11 is 0. The predicted molar refractivity (Wildman–Crippen MR) is 73.7 cm³/mol. The fourth-order valence-corrected chi connectivity index (χ4v) is 1.72. The molecule has 0 saturated carbocycles. The van der Waals surface area contributed by atoms with Gasteiger partial charge in [0, 0.05) is 31.5 Å². The molecule has 1 N–H and O–H groups in total. The van der Waals surface area contributed by atoms with Gasteiger partial charge in [0.2, 0.25) is 0 Å². The van der Waals surface area contributed by atoms with Gasteiger partial charge in [-0.25, -0.2) is 9.97 Å². The van der Waals surface area contributed by atoms with Crippen LogP contribution >= 0.6 is 0 Å². The summed E-state index contributed by atoms with van der Waals surface area (Å²) in [6.07, 6.45) is 0. The Morgan fingerprint density at radius 3 is 2.78 bits per heavy atom. The Balaban J connectivity index is 2.71. The molecule has 1 aromatic heterocycles. The van der Waals surface area contributed by atoms with Crippen LogP contribution in [-0.2, 0) is 11.3 Å². The number of nitrogens with zero attached hydrogens (tertiary/aromatic N) is 3. The van der Waals surface area contributed by atoms with Gasteiger partial charge in [-0.15, -0.1) is 0 Å². The molecule has 0 saturated heterocycles. The van der Waals surface area contributed by atoms with Crippen LogP contribution in [0.5, 0.6) is 0 Å². The number of likely N-dealkylation sites (N-methyl/N-ethyl adjacent to an activating group) is 1. The third-order valence-electron chi connectivity index (χ3n) is 2.81. The maximum absolute atomic E-state index is 5.15. The molecule has 0 radical (unpaired) electrons. The summed E-state index contributed by atoms with van der Waals surface area (Å²) in [6.45, 7) is 8.48. The van der Waals surface area contributed by atoms with Gasteiger partial charge in [0.25, 0.3) is 0 Å². The molecule has 1 rings (SSSR count). The molecule has 102 valence electrons. The van der Waals surface area contributed by atoms with Gasteiger partial charge in [-0.05, 0) is 27.8 Å². The summed E-state index contributed by atoms with van der Waals surface area (Å²) in [4.78, 5) is 11.2. The average Bonchev–Trinajstić information content (AvgIpc) is 2.28. The molecular weight excluding hydrogens is 228 g/mol. The standard InChI is InChI=1S/C13H24N4O/c1-6-14-12-7-10(2)15-13(16-12)8-17(4)11(3)9-18-5/h7,11H,6,8-9H2,1-5H3,(H,14,15,16). The monoisotopic (exact) mass is 252 g/mol. The Morgan fingerprint density at radius 2 is 2.17 bits per heavy atom. The van der Waals surface area contributed by atoms with E-state index in [0.29, 0.717) is 12.6 Å². The molecule has 0 fully saturated rings. The third-order valence-corrected chi connectivity index (χ3v) is 2.81. The lowest BCUT2D eigenvalue weighted by molar-refractivity contribution is 0.110. The summed E-state index contributed by atoms with van der Waals surface area (Å²) in [5.74, 6) is 1.74. The van der Waals surface area contributed by atoms with Gasteiger partial charge >= 0.3 is 0 Å². The van der Waals surface area contributed by atoms with Crippen molar-refractivity contribution < 1.29 is 4.74 Å². The fourth-order valence-electron chi connectivity index (χ4n) is 1.72. The molecule has 1 unspecified atom stereocenters. The minimum Gasteiger partial charge on any atom is -0.383 e. The van der Waals surface area contributed by atoms with Crippen LogP contribution < -0.4 is 5.32 Å². The lowest BCUT2D eigenvalue weighted by Crippen LogP contribution is -2.32. The highest BCUT2D eigenvalue weighted by Crippen LogP contribution is 2.08. The van der Waals surface area contributed by atoms with Crippen molar-refractivity contribution >= 4 is 5.82 Å². The molecule has 1 aromatic rings. The number of anilines is 1. The van der Waals surface area contributed by atoms with E-state index in [-0.39, 0.29) is 0 Å². The molecule has 0 amide bonds. The molecule has 18 heavy (non-hydrogen) atoms. The fraction of sp³-hybridized carbons (Fsp3) is 0.692. The van der Waals surface area contributed by atoms with Gasteiger partial charge < -0.3 is 10.1 Å². The van der Waals surface area contributed by atoms with Crippen molar-refractivity contribution in [1.29, 1.82) is 0 Å². The first-order valence-electron chi connectivity index (χ1n) is 6.34. The first-order valence-corrected chi connectivity index (χ1v) is 6.34.